The van der Waals surface area contributed by atoms with Crippen molar-refractivity contribution in [3.8, 4) is 0 Å². The van der Waals surface area contributed by atoms with Crippen LogP contribution in [0.4, 0.5) is 0 Å². The lowest BCUT2D eigenvalue weighted by molar-refractivity contribution is -0.146. The van der Waals surface area contributed by atoms with E-state index in [2.05, 4.69) is 86.4 Å². The monoisotopic (exact) mass is 680 g/mol. The van der Waals surface area contributed by atoms with Crippen LogP contribution in [0.15, 0.2) is 53.7 Å². The maximum absolute atomic E-state index is 14.7. The summed E-state index contributed by atoms with van der Waals surface area (Å²) < 4.78 is 19.8. The Kier molecular flexibility index (Phi) is 12.1. The molecule has 1 aromatic heterocycles. The SMILES string of the molecule is C=CC[C@@H]1[C@H]2c3coc([Si](C)(C)C(C)(C)C)c3C[C@@H](O)[C@@H](C(=O)[C@H]1CCCCCCOCc1ccccc1)[C@@H]2O[Si](C)(C)C(C)(C)C. The molecule has 5 nitrogen and oxygen atoms in total. The predicted octanol–water partition coefficient (Wildman–Crippen LogP) is 9.56. The highest BCUT2D eigenvalue weighted by molar-refractivity contribution is 6.91. The molecule has 2 aromatic rings. The fourth-order valence-electron chi connectivity index (χ4n) is 7.45. The summed E-state index contributed by atoms with van der Waals surface area (Å²) in [6.45, 7) is 28.5. The highest BCUT2D eigenvalue weighted by atomic mass is 28.4. The van der Waals surface area contributed by atoms with Crippen molar-refractivity contribution in [1.29, 1.82) is 0 Å². The molecule has 262 valence electrons. The largest absolute Gasteiger partial charge is 0.474 e. The maximum Gasteiger partial charge on any atom is 0.192 e. The molecular weight excluding hydrogens is 617 g/mol. The van der Waals surface area contributed by atoms with Crippen LogP contribution in [0, 0.1) is 17.8 Å². The molecule has 0 radical (unpaired) electrons. The van der Waals surface area contributed by atoms with Crippen molar-refractivity contribution in [1.82, 2.24) is 0 Å². The summed E-state index contributed by atoms with van der Waals surface area (Å²) in [6, 6.07) is 10.3. The van der Waals surface area contributed by atoms with Crippen molar-refractivity contribution in [3.05, 3.63) is 65.9 Å². The molecule has 1 heterocycles. The first kappa shape index (κ1) is 38.0. The molecule has 4 rings (SSSR count). The molecule has 0 saturated heterocycles. The van der Waals surface area contributed by atoms with Gasteiger partial charge in [0.1, 0.15) is 13.9 Å². The van der Waals surface area contributed by atoms with Gasteiger partial charge in [-0.2, -0.15) is 0 Å². The number of rotatable bonds is 14. The minimum Gasteiger partial charge on any atom is -0.474 e. The molecule has 7 heteroatoms. The van der Waals surface area contributed by atoms with Crippen molar-refractivity contribution >= 4 is 27.6 Å². The smallest absolute Gasteiger partial charge is 0.192 e. The van der Waals surface area contributed by atoms with Crippen molar-refractivity contribution in [2.75, 3.05) is 6.61 Å². The molecule has 1 fully saturated rings. The van der Waals surface area contributed by atoms with E-state index in [0.29, 0.717) is 13.0 Å². The van der Waals surface area contributed by atoms with E-state index in [1.807, 2.05) is 30.5 Å². The van der Waals surface area contributed by atoms with E-state index in [4.69, 9.17) is 13.6 Å². The minimum atomic E-state index is -2.29. The fourth-order valence-corrected chi connectivity index (χ4v) is 10.8. The number of hydrogen-bond acceptors (Lipinski definition) is 5. The molecule has 0 unspecified atom stereocenters. The van der Waals surface area contributed by atoms with Crippen LogP contribution < -0.4 is 5.38 Å². The number of fused-ring (bicyclic) bond motifs is 4. The van der Waals surface area contributed by atoms with Crippen molar-refractivity contribution < 1.29 is 23.5 Å². The zero-order valence-corrected chi connectivity index (χ0v) is 33.2. The van der Waals surface area contributed by atoms with Gasteiger partial charge in [0.25, 0.3) is 0 Å². The molecule has 1 aromatic carbocycles. The Balaban J connectivity index is 1.60. The summed E-state index contributed by atoms with van der Waals surface area (Å²) in [6.07, 6.45) is 9.00. The van der Waals surface area contributed by atoms with Gasteiger partial charge in [-0.05, 0) is 65.0 Å². The van der Waals surface area contributed by atoms with E-state index in [-0.39, 0.29) is 39.7 Å². The van der Waals surface area contributed by atoms with Gasteiger partial charge in [-0.3, -0.25) is 4.79 Å². The molecule has 1 saturated carbocycles. The van der Waals surface area contributed by atoms with Crippen LogP contribution in [0.5, 0.6) is 0 Å². The molecule has 2 aliphatic carbocycles. The Hall–Kier alpha value is -1.78. The molecule has 0 aliphatic heterocycles. The standard InChI is InChI=1S/C40H64O5Si2/c1-12-20-29-30(23-18-13-14-19-24-43-26-28-21-16-15-17-22-28)36(42)35-33(41)25-31-32(27-44-38(31)46(8,9)39(2,3)4)34(29)37(35)45-47(10,11)40(5,6)7/h12,15-17,21-22,27,29-30,33-35,37,41H,1,13-14,18-20,23-26H2,2-11H3/t29-,30-,33+,34-,35-,37+/m0/s1. The van der Waals surface area contributed by atoms with Crippen LogP contribution >= 0.6 is 0 Å². The summed E-state index contributed by atoms with van der Waals surface area (Å²) >= 11 is 0. The number of aliphatic hydroxyl groups excluding tert-OH is 1. The Bertz CT molecular complexity index is 1330. The molecule has 6 atom stereocenters. The van der Waals surface area contributed by atoms with E-state index < -0.39 is 28.4 Å². The lowest BCUT2D eigenvalue weighted by Gasteiger charge is -2.50. The lowest BCUT2D eigenvalue weighted by Crippen LogP contribution is -2.57. The highest BCUT2D eigenvalue weighted by Crippen LogP contribution is 2.54. The molecule has 0 spiro atoms. The third-order valence-corrected chi connectivity index (χ3v) is 22.1. The van der Waals surface area contributed by atoms with E-state index in [9.17, 15) is 9.90 Å². The van der Waals surface area contributed by atoms with E-state index in [1.54, 1.807) is 0 Å². The van der Waals surface area contributed by atoms with Crippen LogP contribution in [0.2, 0.25) is 36.3 Å². The van der Waals surface area contributed by atoms with Gasteiger partial charge in [0.05, 0.1) is 36.4 Å². The lowest BCUT2D eigenvalue weighted by atomic mass is 9.61. The Morgan fingerprint density at radius 2 is 1.62 bits per heavy atom. The number of carbonyl (C=O) groups is 1. The van der Waals surface area contributed by atoms with E-state index in [0.717, 1.165) is 56.1 Å². The van der Waals surface area contributed by atoms with Crippen LogP contribution in [0.1, 0.15) is 103 Å². The zero-order chi connectivity index (χ0) is 34.8. The molecule has 0 amide bonds. The van der Waals surface area contributed by atoms with Gasteiger partial charge in [0, 0.05) is 24.9 Å². The minimum absolute atomic E-state index is 0.0179. The average Bonchev–Trinajstić information content (AvgIpc) is 3.35. The van der Waals surface area contributed by atoms with Crippen LogP contribution in [0.3, 0.4) is 0 Å². The Labute approximate surface area is 288 Å². The maximum atomic E-state index is 14.7. The first-order valence-electron chi connectivity index (χ1n) is 18.1. The van der Waals surface area contributed by atoms with Crippen LogP contribution in [-0.4, -0.2) is 46.1 Å². The zero-order valence-electron chi connectivity index (χ0n) is 31.2. The number of allylic oxidation sites excluding steroid dienone is 1. The quantitative estimate of drug-likeness (QED) is 0.122. The summed E-state index contributed by atoms with van der Waals surface area (Å²) in [5.74, 6) is -0.425. The average molecular weight is 681 g/mol. The van der Waals surface area contributed by atoms with Gasteiger partial charge in [0.15, 0.2) is 8.32 Å². The van der Waals surface area contributed by atoms with Gasteiger partial charge >= 0.3 is 0 Å². The summed E-state index contributed by atoms with van der Waals surface area (Å²) in [5, 5.41) is 13.2. The second kappa shape index (κ2) is 15.0. The van der Waals surface area contributed by atoms with Crippen LogP contribution in [0.25, 0.3) is 0 Å². The molecule has 47 heavy (non-hydrogen) atoms. The molecule has 2 bridgehead atoms. The summed E-state index contributed by atoms with van der Waals surface area (Å²) in [5.41, 5.74) is 3.53. The topological polar surface area (TPSA) is 68.9 Å². The predicted molar refractivity (Wildman–Crippen MR) is 200 cm³/mol. The molecule has 1 N–H and O–H groups in total. The van der Waals surface area contributed by atoms with Crippen molar-refractivity contribution in [2.24, 2.45) is 17.8 Å². The first-order valence-corrected chi connectivity index (χ1v) is 24.1. The summed E-state index contributed by atoms with van der Waals surface area (Å²) in [7, 11) is -4.35. The number of furan rings is 1. The Morgan fingerprint density at radius 3 is 2.23 bits per heavy atom. The third-order valence-electron chi connectivity index (χ3n) is 12.3. The summed E-state index contributed by atoms with van der Waals surface area (Å²) in [4.78, 5) is 14.7. The van der Waals surface area contributed by atoms with E-state index in [1.165, 1.54) is 11.1 Å². The molecular formula is C40H64O5Si2. The first-order chi connectivity index (χ1) is 21.9. The van der Waals surface area contributed by atoms with Gasteiger partial charge in [-0.15, -0.1) is 6.58 Å². The number of unbranched alkanes of at least 4 members (excludes halogenated alkanes) is 3. The number of aliphatic hydroxyl groups is 1. The second-order valence-corrected chi connectivity index (χ2v) is 27.4. The van der Waals surface area contributed by atoms with Gasteiger partial charge < -0.3 is 18.7 Å². The van der Waals surface area contributed by atoms with Crippen molar-refractivity contribution in [2.45, 2.75) is 147 Å². The van der Waals surface area contributed by atoms with E-state index >= 15 is 0 Å². The van der Waals surface area contributed by atoms with Crippen molar-refractivity contribution in [3.63, 3.8) is 0 Å². The third kappa shape index (κ3) is 8.17. The number of benzene rings is 1. The molecule has 2 aliphatic rings. The Morgan fingerprint density at radius 1 is 0.957 bits per heavy atom. The van der Waals surface area contributed by atoms with Gasteiger partial charge in [0.2, 0.25) is 0 Å². The normalized spacial score (nSPS) is 25.4. The number of ketones is 1. The number of hydrogen-bond donors (Lipinski definition) is 1. The van der Waals surface area contributed by atoms with Gasteiger partial charge in [-0.1, -0.05) is 110 Å². The number of Topliss-reactive ketones (excluding diaryl/α,β-unsaturated/α-hetero) is 1. The van der Waals surface area contributed by atoms with Crippen LogP contribution in [-0.2, 0) is 27.0 Å². The fraction of sp³-hybridized carbons (Fsp3) is 0.675. The highest BCUT2D eigenvalue weighted by Gasteiger charge is 2.58. The van der Waals surface area contributed by atoms with Gasteiger partial charge in [-0.25, -0.2) is 0 Å². The second-order valence-electron chi connectivity index (χ2n) is 17.5. The number of carbonyl (C=O) groups excluding carboxylic acids is 1. The number of ether oxygens (including phenoxy) is 1.